The maximum absolute atomic E-state index is 8.71. The molecule has 0 amide bonds. The van der Waals surface area contributed by atoms with Crippen LogP contribution in [0.25, 0.3) is 16.0 Å². The summed E-state index contributed by atoms with van der Waals surface area (Å²) in [5.41, 5.74) is 12.5. The molecule has 0 saturated carbocycles. The van der Waals surface area contributed by atoms with Gasteiger partial charge in [-0.25, -0.2) is 0 Å². The number of methoxy groups -OCH3 is 2. The van der Waals surface area contributed by atoms with Gasteiger partial charge in [-0.05, 0) is 48.4 Å². The summed E-state index contributed by atoms with van der Waals surface area (Å²) in [6.45, 7) is 0.780. The SMILES string of the molecule is COCOCCC(C/C=C1\CCc2c(OC)cccc21)N=[N+]=[N-]. The van der Waals surface area contributed by atoms with Crippen LogP contribution < -0.4 is 4.74 Å². The van der Waals surface area contributed by atoms with E-state index in [2.05, 4.69) is 22.2 Å². The van der Waals surface area contributed by atoms with Crippen molar-refractivity contribution < 1.29 is 14.2 Å². The molecule has 23 heavy (non-hydrogen) atoms. The molecule has 1 atom stereocenters. The van der Waals surface area contributed by atoms with Crippen LogP contribution in [-0.2, 0) is 15.9 Å². The summed E-state index contributed by atoms with van der Waals surface area (Å²) in [4.78, 5) is 2.94. The van der Waals surface area contributed by atoms with Crippen LogP contribution in [-0.4, -0.2) is 33.7 Å². The van der Waals surface area contributed by atoms with Crippen LogP contribution in [0.15, 0.2) is 29.4 Å². The van der Waals surface area contributed by atoms with Gasteiger partial charge < -0.3 is 14.2 Å². The summed E-state index contributed by atoms with van der Waals surface area (Å²) in [5.74, 6) is 0.950. The van der Waals surface area contributed by atoms with Crippen molar-refractivity contribution in [3.63, 3.8) is 0 Å². The number of fused-ring (bicyclic) bond motifs is 1. The number of allylic oxidation sites excluding steroid dienone is 1. The van der Waals surface area contributed by atoms with Crippen LogP contribution >= 0.6 is 0 Å². The molecular formula is C17H23N3O3. The van der Waals surface area contributed by atoms with E-state index in [4.69, 9.17) is 19.7 Å². The highest BCUT2D eigenvalue weighted by Gasteiger charge is 2.19. The van der Waals surface area contributed by atoms with E-state index < -0.39 is 0 Å². The van der Waals surface area contributed by atoms with Gasteiger partial charge in [-0.15, -0.1) is 0 Å². The van der Waals surface area contributed by atoms with Gasteiger partial charge in [0.15, 0.2) is 0 Å². The van der Waals surface area contributed by atoms with Crippen molar-refractivity contribution in [1.29, 1.82) is 0 Å². The van der Waals surface area contributed by atoms with Crippen LogP contribution in [0.4, 0.5) is 0 Å². The van der Waals surface area contributed by atoms with Crippen molar-refractivity contribution in [2.45, 2.75) is 31.7 Å². The average molecular weight is 317 g/mol. The predicted octanol–water partition coefficient (Wildman–Crippen LogP) is 4.10. The van der Waals surface area contributed by atoms with Gasteiger partial charge in [-0.3, -0.25) is 0 Å². The van der Waals surface area contributed by atoms with E-state index in [1.165, 1.54) is 16.7 Å². The maximum Gasteiger partial charge on any atom is 0.146 e. The lowest BCUT2D eigenvalue weighted by Crippen LogP contribution is -2.08. The van der Waals surface area contributed by atoms with Gasteiger partial charge in [0.2, 0.25) is 0 Å². The summed E-state index contributed by atoms with van der Waals surface area (Å²) in [5, 5.41) is 3.86. The van der Waals surface area contributed by atoms with Gasteiger partial charge in [-0.1, -0.05) is 23.3 Å². The maximum atomic E-state index is 8.71. The van der Waals surface area contributed by atoms with Gasteiger partial charge in [0.1, 0.15) is 12.5 Å². The first kappa shape index (κ1) is 17.3. The molecule has 124 valence electrons. The van der Waals surface area contributed by atoms with Crippen molar-refractivity contribution in [2.75, 3.05) is 27.6 Å². The minimum absolute atomic E-state index is 0.0981. The van der Waals surface area contributed by atoms with Gasteiger partial charge in [0.05, 0.1) is 7.11 Å². The summed E-state index contributed by atoms with van der Waals surface area (Å²) < 4.78 is 15.5. The normalized spacial score (nSPS) is 16.0. The van der Waals surface area contributed by atoms with Crippen LogP contribution in [0.2, 0.25) is 0 Å². The summed E-state index contributed by atoms with van der Waals surface area (Å²) in [6.07, 6.45) is 5.57. The minimum atomic E-state index is -0.0981. The molecule has 1 aromatic rings. The zero-order valence-electron chi connectivity index (χ0n) is 13.7. The molecule has 0 heterocycles. The van der Waals surface area contributed by atoms with Gasteiger partial charge in [-0.2, -0.15) is 0 Å². The van der Waals surface area contributed by atoms with Crippen molar-refractivity contribution >= 4 is 5.57 Å². The number of rotatable bonds is 9. The van der Waals surface area contributed by atoms with E-state index in [1.807, 2.05) is 12.1 Å². The van der Waals surface area contributed by atoms with Crippen LogP contribution in [0.1, 0.15) is 30.4 Å². The standard InChI is InChI=1S/C17H23N3O3/c1-21-12-23-11-10-14(19-20-18)8-6-13-7-9-16-15(13)4-3-5-17(16)22-2/h3-6,14H,7-12H2,1-2H3/b13-6+. The zero-order valence-corrected chi connectivity index (χ0v) is 13.7. The second-order valence-electron chi connectivity index (χ2n) is 5.41. The molecule has 1 aliphatic carbocycles. The summed E-state index contributed by atoms with van der Waals surface area (Å²) in [6, 6.07) is 6.04. The Bertz CT molecular complexity index is 595. The minimum Gasteiger partial charge on any atom is -0.496 e. The molecule has 0 N–H and O–H groups in total. The predicted molar refractivity (Wildman–Crippen MR) is 89.3 cm³/mol. The largest absolute Gasteiger partial charge is 0.496 e. The number of hydrogen-bond acceptors (Lipinski definition) is 4. The van der Waals surface area contributed by atoms with Crippen LogP contribution in [0, 0.1) is 0 Å². The fourth-order valence-corrected chi connectivity index (χ4v) is 2.86. The molecule has 2 rings (SSSR count). The molecule has 0 aliphatic heterocycles. The molecule has 6 heteroatoms. The Labute approximate surface area is 136 Å². The Balaban J connectivity index is 2.01. The average Bonchev–Trinajstić information content (AvgIpc) is 2.99. The first-order valence-electron chi connectivity index (χ1n) is 7.76. The second kappa shape index (κ2) is 9.20. The van der Waals surface area contributed by atoms with E-state index >= 15 is 0 Å². The van der Waals surface area contributed by atoms with E-state index in [0.717, 1.165) is 18.6 Å². The first-order valence-corrected chi connectivity index (χ1v) is 7.76. The smallest absolute Gasteiger partial charge is 0.146 e. The Morgan fingerprint density at radius 1 is 1.35 bits per heavy atom. The number of nitrogens with zero attached hydrogens (tertiary/aromatic N) is 3. The fourth-order valence-electron chi connectivity index (χ4n) is 2.86. The highest BCUT2D eigenvalue weighted by molar-refractivity contribution is 5.74. The highest BCUT2D eigenvalue weighted by atomic mass is 16.7. The molecule has 6 nitrogen and oxygen atoms in total. The number of benzene rings is 1. The van der Waals surface area contributed by atoms with E-state index in [1.54, 1.807) is 14.2 Å². The third-order valence-electron chi connectivity index (χ3n) is 3.99. The third-order valence-corrected chi connectivity index (χ3v) is 3.99. The number of hydrogen-bond donors (Lipinski definition) is 0. The Morgan fingerprint density at radius 2 is 2.22 bits per heavy atom. The van der Waals surface area contributed by atoms with E-state index in [0.29, 0.717) is 19.4 Å². The molecule has 0 fully saturated rings. The Hall–Kier alpha value is -2.01. The number of ether oxygens (including phenoxy) is 3. The quantitative estimate of drug-likeness (QED) is 0.226. The molecule has 0 aromatic heterocycles. The van der Waals surface area contributed by atoms with Crippen LogP contribution in [0.5, 0.6) is 5.75 Å². The van der Waals surface area contributed by atoms with Gasteiger partial charge in [0, 0.05) is 30.2 Å². The van der Waals surface area contributed by atoms with Crippen molar-refractivity contribution in [2.24, 2.45) is 5.11 Å². The van der Waals surface area contributed by atoms with Gasteiger partial charge in [0.25, 0.3) is 0 Å². The summed E-state index contributed by atoms with van der Waals surface area (Å²) in [7, 11) is 3.29. The van der Waals surface area contributed by atoms with Crippen LogP contribution in [0.3, 0.4) is 0 Å². The molecule has 0 bridgehead atoms. The lowest BCUT2D eigenvalue weighted by molar-refractivity contribution is -0.0323. The number of azide groups is 1. The molecule has 1 unspecified atom stereocenters. The Kier molecular flexibility index (Phi) is 6.94. The monoisotopic (exact) mass is 317 g/mol. The molecule has 0 spiro atoms. The van der Waals surface area contributed by atoms with E-state index in [9.17, 15) is 0 Å². The topological polar surface area (TPSA) is 76.5 Å². The molecule has 1 aromatic carbocycles. The highest BCUT2D eigenvalue weighted by Crippen LogP contribution is 2.37. The van der Waals surface area contributed by atoms with Crippen molar-refractivity contribution in [3.05, 3.63) is 45.8 Å². The lowest BCUT2D eigenvalue weighted by Gasteiger charge is -2.10. The van der Waals surface area contributed by atoms with E-state index in [-0.39, 0.29) is 12.8 Å². The van der Waals surface area contributed by atoms with Crippen molar-refractivity contribution in [3.8, 4) is 5.75 Å². The fraction of sp³-hybridized carbons (Fsp3) is 0.529. The second-order valence-corrected chi connectivity index (χ2v) is 5.41. The first-order chi connectivity index (χ1) is 11.3. The molecule has 1 aliphatic rings. The summed E-state index contributed by atoms with van der Waals surface area (Å²) >= 11 is 0. The van der Waals surface area contributed by atoms with Gasteiger partial charge >= 0.3 is 0 Å². The molecular weight excluding hydrogens is 294 g/mol. The van der Waals surface area contributed by atoms with Crippen molar-refractivity contribution in [1.82, 2.24) is 0 Å². The Morgan fingerprint density at radius 3 is 2.96 bits per heavy atom. The molecule has 0 radical (unpaired) electrons. The zero-order chi connectivity index (χ0) is 16.5. The third kappa shape index (κ3) is 4.73. The lowest BCUT2D eigenvalue weighted by atomic mass is 10.0. The molecule has 0 saturated heterocycles.